The summed E-state index contributed by atoms with van der Waals surface area (Å²) in [5.74, 6) is -1.01. The van der Waals surface area contributed by atoms with Gasteiger partial charge in [-0.3, -0.25) is 4.68 Å². The molecule has 0 aliphatic rings. The molecule has 27 heavy (non-hydrogen) atoms. The molecule has 0 saturated heterocycles. The number of hydrogen-bond donors (Lipinski definition) is 2. The lowest BCUT2D eigenvalue weighted by molar-refractivity contribution is 0.0696. The highest BCUT2D eigenvalue weighted by atomic mass is 16.4. The zero-order chi connectivity index (χ0) is 18.8. The summed E-state index contributed by atoms with van der Waals surface area (Å²) in [5, 5.41) is 23.7. The molecule has 0 radical (unpaired) electrons. The van der Waals surface area contributed by atoms with Gasteiger partial charge in [-0.15, -0.1) is 0 Å². The second-order valence-electron chi connectivity index (χ2n) is 5.98. The van der Waals surface area contributed by atoms with Gasteiger partial charge in [0.25, 0.3) is 0 Å². The Morgan fingerprint density at radius 2 is 2.22 bits per heavy atom. The van der Waals surface area contributed by atoms with E-state index >= 15 is 0 Å². The molecule has 3 aromatic heterocycles. The van der Waals surface area contributed by atoms with E-state index in [1.807, 2.05) is 12.3 Å². The van der Waals surface area contributed by atoms with Crippen molar-refractivity contribution < 1.29 is 9.90 Å². The first-order valence-corrected chi connectivity index (χ1v) is 8.20. The molecular weight excluding hydrogens is 344 g/mol. The molecule has 4 rings (SSSR count). The van der Waals surface area contributed by atoms with Crippen molar-refractivity contribution in [2.24, 2.45) is 0 Å². The molecule has 1 aromatic carbocycles. The van der Waals surface area contributed by atoms with Crippen molar-refractivity contribution in [2.45, 2.75) is 12.5 Å². The minimum absolute atomic E-state index is 0.160. The molecular formula is C19H14N6O2. The molecule has 0 aliphatic heterocycles. The van der Waals surface area contributed by atoms with Crippen LogP contribution in [0.4, 0.5) is 0 Å². The number of hydrogen-bond acceptors (Lipinski definition) is 5. The Bertz CT molecular complexity index is 1170. The lowest BCUT2D eigenvalue weighted by Crippen LogP contribution is -2.11. The van der Waals surface area contributed by atoms with E-state index in [0.717, 1.165) is 22.3 Å². The first kappa shape index (κ1) is 16.5. The maximum atomic E-state index is 11.3. The van der Waals surface area contributed by atoms with Gasteiger partial charge in [0.2, 0.25) is 0 Å². The fourth-order valence-electron chi connectivity index (χ4n) is 3.06. The van der Waals surface area contributed by atoms with Crippen molar-refractivity contribution >= 4 is 17.0 Å². The quantitative estimate of drug-likeness (QED) is 0.566. The van der Waals surface area contributed by atoms with Gasteiger partial charge in [-0.1, -0.05) is 12.1 Å². The smallest absolute Gasteiger partial charge is 0.335 e. The van der Waals surface area contributed by atoms with Crippen LogP contribution in [-0.2, 0) is 0 Å². The minimum atomic E-state index is -1.01. The molecule has 0 spiro atoms. The molecule has 0 saturated carbocycles. The predicted molar refractivity (Wildman–Crippen MR) is 96.9 cm³/mol. The second kappa shape index (κ2) is 6.72. The van der Waals surface area contributed by atoms with Crippen LogP contribution in [0.15, 0.2) is 55.2 Å². The maximum Gasteiger partial charge on any atom is 0.335 e. The summed E-state index contributed by atoms with van der Waals surface area (Å²) in [4.78, 5) is 22.8. The second-order valence-corrected chi connectivity index (χ2v) is 5.98. The lowest BCUT2D eigenvalue weighted by Gasteiger charge is -2.15. The number of nitriles is 1. The summed E-state index contributed by atoms with van der Waals surface area (Å²) < 4.78 is 1.67. The Morgan fingerprint density at radius 3 is 3.04 bits per heavy atom. The Hall–Kier alpha value is -3.99. The van der Waals surface area contributed by atoms with Gasteiger partial charge in [0.1, 0.15) is 12.0 Å². The summed E-state index contributed by atoms with van der Waals surface area (Å²) in [6.07, 6.45) is 6.93. The van der Waals surface area contributed by atoms with E-state index in [1.54, 1.807) is 35.3 Å². The summed E-state index contributed by atoms with van der Waals surface area (Å²) >= 11 is 0. The number of aromatic nitrogens is 5. The van der Waals surface area contributed by atoms with E-state index in [2.05, 4.69) is 26.1 Å². The first-order chi connectivity index (χ1) is 13.2. The Morgan fingerprint density at radius 1 is 1.33 bits per heavy atom. The van der Waals surface area contributed by atoms with Crippen LogP contribution < -0.4 is 0 Å². The van der Waals surface area contributed by atoms with Gasteiger partial charge in [0.05, 0.1) is 36.0 Å². The Balaban J connectivity index is 1.75. The van der Waals surface area contributed by atoms with Crippen molar-refractivity contribution in [1.82, 2.24) is 24.7 Å². The van der Waals surface area contributed by atoms with Crippen molar-refractivity contribution in [3.63, 3.8) is 0 Å². The molecule has 8 heteroatoms. The number of carboxylic acids is 1. The van der Waals surface area contributed by atoms with Crippen LogP contribution in [0.3, 0.4) is 0 Å². The highest BCUT2D eigenvalue weighted by Crippen LogP contribution is 2.28. The number of nitrogens with one attached hydrogen (secondary N) is 1. The van der Waals surface area contributed by atoms with Gasteiger partial charge in [-0.25, -0.2) is 14.8 Å². The predicted octanol–water partition coefficient (Wildman–Crippen LogP) is 3.02. The number of rotatable bonds is 5. The summed E-state index contributed by atoms with van der Waals surface area (Å²) in [5.41, 5.74) is 3.14. The summed E-state index contributed by atoms with van der Waals surface area (Å²) in [6.45, 7) is 0. The van der Waals surface area contributed by atoms with Crippen molar-refractivity contribution in [3.8, 4) is 17.3 Å². The van der Waals surface area contributed by atoms with Gasteiger partial charge >= 0.3 is 5.97 Å². The van der Waals surface area contributed by atoms with E-state index in [4.69, 9.17) is 0 Å². The minimum Gasteiger partial charge on any atom is -0.478 e. The number of nitrogens with zero attached hydrogens (tertiary/aromatic N) is 5. The average Bonchev–Trinajstić information content (AvgIpc) is 3.35. The van der Waals surface area contributed by atoms with Crippen molar-refractivity contribution in [2.75, 3.05) is 0 Å². The molecule has 1 unspecified atom stereocenters. The van der Waals surface area contributed by atoms with E-state index < -0.39 is 12.0 Å². The third-order valence-electron chi connectivity index (χ3n) is 4.35. The molecule has 0 amide bonds. The van der Waals surface area contributed by atoms with E-state index in [0.29, 0.717) is 5.56 Å². The van der Waals surface area contributed by atoms with E-state index in [1.165, 1.54) is 12.4 Å². The summed E-state index contributed by atoms with van der Waals surface area (Å²) in [6, 6.07) is 10.2. The number of aromatic carboxylic acids is 1. The standard InChI is InChI=1S/C19H14N6O2/c20-6-4-16(12-2-1-3-13(8-12)19(26)27)25-10-14(9-24-25)17-15-5-7-21-18(15)23-11-22-17/h1-3,5,7-11,16H,4H2,(H,26,27)(H,21,22,23). The van der Waals surface area contributed by atoms with Crippen LogP contribution >= 0.6 is 0 Å². The number of carboxylic acid groups (broad SMARTS) is 1. The fraction of sp³-hybridized carbons (Fsp3) is 0.105. The molecule has 0 fully saturated rings. The Kier molecular flexibility index (Phi) is 4.10. The van der Waals surface area contributed by atoms with Crippen LogP contribution in [0.2, 0.25) is 0 Å². The molecule has 1 atom stereocenters. The lowest BCUT2D eigenvalue weighted by atomic mass is 10.0. The SMILES string of the molecule is N#CCC(c1cccc(C(=O)O)c1)n1cc(-c2ncnc3[nH]ccc23)cn1. The molecule has 132 valence electrons. The number of aromatic amines is 1. The molecule has 3 heterocycles. The monoisotopic (exact) mass is 358 g/mol. The van der Waals surface area contributed by atoms with Crippen molar-refractivity contribution in [3.05, 3.63) is 66.4 Å². The maximum absolute atomic E-state index is 11.3. The van der Waals surface area contributed by atoms with Gasteiger partial charge in [-0.2, -0.15) is 10.4 Å². The highest BCUT2D eigenvalue weighted by Gasteiger charge is 2.18. The zero-order valence-corrected chi connectivity index (χ0v) is 14.1. The normalized spacial score (nSPS) is 12.0. The Labute approximate surface area is 153 Å². The number of benzene rings is 1. The van der Waals surface area contributed by atoms with Crippen LogP contribution in [0.1, 0.15) is 28.4 Å². The third kappa shape index (κ3) is 3.02. The third-order valence-corrected chi connectivity index (χ3v) is 4.35. The van der Waals surface area contributed by atoms with E-state index in [-0.39, 0.29) is 12.0 Å². The number of fused-ring (bicyclic) bond motifs is 1. The molecule has 0 aliphatic carbocycles. The molecule has 4 aromatic rings. The van der Waals surface area contributed by atoms with Crippen LogP contribution in [0, 0.1) is 11.3 Å². The van der Waals surface area contributed by atoms with Crippen LogP contribution in [-0.4, -0.2) is 35.8 Å². The van der Waals surface area contributed by atoms with E-state index in [9.17, 15) is 15.2 Å². The molecule has 0 bridgehead atoms. The van der Waals surface area contributed by atoms with Gasteiger partial charge < -0.3 is 10.1 Å². The average molecular weight is 358 g/mol. The van der Waals surface area contributed by atoms with Gasteiger partial charge in [-0.05, 0) is 23.8 Å². The molecule has 8 nitrogen and oxygen atoms in total. The van der Waals surface area contributed by atoms with Crippen LogP contribution in [0.25, 0.3) is 22.3 Å². The zero-order valence-electron chi connectivity index (χ0n) is 14.1. The van der Waals surface area contributed by atoms with Gasteiger partial charge in [0.15, 0.2) is 0 Å². The topological polar surface area (TPSA) is 120 Å². The number of H-pyrrole nitrogens is 1. The largest absolute Gasteiger partial charge is 0.478 e. The summed E-state index contributed by atoms with van der Waals surface area (Å²) in [7, 11) is 0. The fourth-order valence-corrected chi connectivity index (χ4v) is 3.06. The number of carbonyl (C=O) groups is 1. The van der Waals surface area contributed by atoms with Gasteiger partial charge in [0, 0.05) is 23.3 Å². The van der Waals surface area contributed by atoms with Crippen molar-refractivity contribution in [1.29, 1.82) is 5.26 Å². The first-order valence-electron chi connectivity index (χ1n) is 8.20. The molecule has 2 N–H and O–H groups in total. The highest BCUT2D eigenvalue weighted by molar-refractivity contribution is 5.90. The van der Waals surface area contributed by atoms with Crippen LogP contribution in [0.5, 0.6) is 0 Å².